The van der Waals surface area contributed by atoms with Gasteiger partial charge in [-0.2, -0.15) is 0 Å². The van der Waals surface area contributed by atoms with Gasteiger partial charge in [-0.05, 0) is 54.3 Å². The van der Waals surface area contributed by atoms with Crippen LogP contribution in [0, 0.1) is 6.92 Å². The number of fused-ring (bicyclic) bond motifs is 8. The van der Waals surface area contributed by atoms with Crippen molar-refractivity contribution < 1.29 is 18.9 Å². The highest BCUT2D eigenvalue weighted by Crippen LogP contribution is 2.54. The number of nitrogens with one attached hydrogen (secondary N) is 1. The van der Waals surface area contributed by atoms with Crippen LogP contribution < -0.4 is 29.2 Å². The van der Waals surface area contributed by atoms with Crippen molar-refractivity contribution in [2.45, 2.75) is 13.1 Å². The molecule has 164 valence electrons. The molecule has 33 heavy (non-hydrogen) atoms. The number of hydrogen-bond donors (Lipinski definition) is 1. The first kappa shape index (κ1) is 18.5. The second-order valence-corrected chi connectivity index (χ2v) is 8.67. The lowest BCUT2D eigenvalue weighted by Crippen LogP contribution is -2.34. The average molecular weight is 438 g/mol. The molecule has 0 saturated heterocycles. The fraction of sp³-hybridized carbons (Fsp3) is 0.185. The van der Waals surface area contributed by atoms with E-state index in [4.69, 9.17) is 18.9 Å². The molecule has 4 aromatic carbocycles. The van der Waals surface area contributed by atoms with Gasteiger partial charge in [0, 0.05) is 29.2 Å². The molecule has 0 amide bonds. The van der Waals surface area contributed by atoms with Crippen LogP contribution in [-0.2, 0) is 0 Å². The molecule has 3 aliphatic heterocycles. The third-order valence-electron chi connectivity index (χ3n) is 6.72. The van der Waals surface area contributed by atoms with Gasteiger partial charge in [0.2, 0.25) is 13.6 Å². The van der Waals surface area contributed by atoms with E-state index >= 15 is 0 Å². The highest BCUT2D eigenvalue weighted by Gasteiger charge is 2.36. The Bertz CT molecular complexity index is 1430. The maximum atomic E-state index is 5.97. The third-order valence-corrected chi connectivity index (χ3v) is 6.72. The Kier molecular flexibility index (Phi) is 3.77. The van der Waals surface area contributed by atoms with Gasteiger partial charge in [-0.1, -0.05) is 29.8 Å². The van der Waals surface area contributed by atoms with Gasteiger partial charge in [-0.3, -0.25) is 0 Å². The van der Waals surface area contributed by atoms with Gasteiger partial charge >= 0.3 is 0 Å². The van der Waals surface area contributed by atoms with Crippen molar-refractivity contribution in [1.82, 2.24) is 0 Å². The Balaban J connectivity index is 1.47. The van der Waals surface area contributed by atoms with E-state index in [1.54, 1.807) is 0 Å². The van der Waals surface area contributed by atoms with Crippen LogP contribution in [0.25, 0.3) is 21.9 Å². The van der Waals surface area contributed by atoms with Crippen LogP contribution in [0.3, 0.4) is 0 Å². The summed E-state index contributed by atoms with van der Waals surface area (Å²) in [6.07, 6.45) is -0.150. The smallest absolute Gasteiger partial charge is 0.231 e. The Morgan fingerprint density at radius 1 is 0.788 bits per heavy atom. The lowest BCUT2D eigenvalue weighted by atomic mass is 9.88. The molecule has 0 radical (unpaired) electrons. The Morgan fingerprint density at radius 3 is 2.36 bits per heavy atom. The van der Waals surface area contributed by atoms with Crippen molar-refractivity contribution in [2.75, 3.05) is 30.9 Å². The third kappa shape index (κ3) is 2.67. The molecule has 0 fully saturated rings. The lowest BCUT2D eigenvalue weighted by molar-refractivity contribution is 0.173. The van der Waals surface area contributed by atoms with E-state index in [9.17, 15) is 0 Å². The van der Waals surface area contributed by atoms with Gasteiger partial charge in [0.05, 0.1) is 5.69 Å². The monoisotopic (exact) mass is 438 g/mol. The van der Waals surface area contributed by atoms with Crippen molar-refractivity contribution in [3.8, 4) is 34.1 Å². The number of ether oxygens (including phenoxy) is 4. The topological polar surface area (TPSA) is 52.2 Å². The molecular formula is C27H22N2O4. The molecule has 4 aromatic rings. The van der Waals surface area contributed by atoms with E-state index in [0.29, 0.717) is 0 Å². The first-order chi connectivity index (χ1) is 16.2. The van der Waals surface area contributed by atoms with E-state index in [1.807, 2.05) is 6.07 Å². The molecular weight excluding hydrogens is 416 g/mol. The Labute approximate surface area is 191 Å². The van der Waals surface area contributed by atoms with E-state index in [2.05, 4.69) is 78.8 Å². The van der Waals surface area contributed by atoms with Crippen molar-refractivity contribution in [3.05, 3.63) is 71.8 Å². The number of anilines is 2. The molecule has 1 N–H and O–H groups in total. The first-order valence-electron chi connectivity index (χ1n) is 11.0. The van der Waals surface area contributed by atoms with Crippen molar-refractivity contribution >= 4 is 22.1 Å². The fourth-order valence-corrected chi connectivity index (χ4v) is 5.09. The quantitative estimate of drug-likeness (QED) is 0.425. The average Bonchev–Trinajstić information content (AvgIpc) is 3.49. The zero-order chi connectivity index (χ0) is 22.1. The Hall–Kier alpha value is -4.06. The summed E-state index contributed by atoms with van der Waals surface area (Å²) in [5.74, 6) is 3.16. The Morgan fingerprint density at radius 2 is 1.52 bits per heavy atom. The summed E-state index contributed by atoms with van der Waals surface area (Å²) in [5.41, 5.74) is 6.78. The lowest BCUT2D eigenvalue weighted by Gasteiger charge is -2.39. The van der Waals surface area contributed by atoms with Crippen LogP contribution in [0.15, 0.2) is 60.7 Å². The number of rotatable bonds is 2. The minimum atomic E-state index is -0.150. The number of benzene rings is 4. The van der Waals surface area contributed by atoms with Crippen molar-refractivity contribution in [2.24, 2.45) is 0 Å². The minimum absolute atomic E-state index is 0.150. The molecule has 0 aromatic heterocycles. The van der Waals surface area contributed by atoms with E-state index in [0.717, 1.165) is 61.8 Å². The van der Waals surface area contributed by atoms with Crippen LogP contribution >= 0.6 is 0 Å². The second-order valence-electron chi connectivity index (χ2n) is 8.67. The standard InChI is InChI=1S/C27H22N2O4/c1-15-3-6-17(7-4-15)28-27-24-18(9-10-21-26(24)33-14-30-21)19-8-5-16-11-22-23(32-13-31-22)12-20(16)25(19)29(27)2/h3-12,27-28H,13-14H2,1-2H3. The SMILES string of the molecule is Cc1ccc(NC2c3c(ccc4c3OCO4)-c3ccc4cc5c(cc4c3N2C)OCO5)cc1. The predicted octanol–water partition coefficient (Wildman–Crippen LogP) is 5.83. The summed E-state index contributed by atoms with van der Waals surface area (Å²) < 4.78 is 23.0. The summed E-state index contributed by atoms with van der Waals surface area (Å²) in [5, 5.41) is 5.97. The van der Waals surface area contributed by atoms with Gasteiger partial charge in [-0.15, -0.1) is 0 Å². The summed E-state index contributed by atoms with van der Waals surface area (Å²) in [4.78, 5) is 2.28. The van der Waals surface area contributed by atoms with Gasteiger partial charge in [0.1, 0.15) is 6.17 Å². The first-order valence-corrected chi connectivity index (χ1v) is 11.0. The molecule has 6 heteroatoms. The van der Waals surface area contributed by atoms with Gasteiger partial charge in [-0.25, -0.2) is 0 Å². The molecule has 1 atom stereocenters. The number of hydrogen-bond acceptors (Lipinski definition) is 6. The summed E-state index contributed by atoms with van der Waals surface area (Å²) >= 11 is 0. The largest absolute Gasteiger partial charge is 0.454 e. The van der Waals surface area contributed by atoms with Crippen LogP contribution in [0.4, 0.5) is 11.4 Å². The van der Waals surface area contributed by atoms with Crippen LogP contribution in [-0.4, -0.2) is 20.6 Å². The highest BCUT2D eigenvalue weighted by atomic mass is 16.7. The van der Waals surface area contributed by atoms with E-state index in [1.165, 1.54) is 5.56 Å². The normalized spacial score (nSPS) is 17.2. The zero-order valence-corrected chi connectivity index (χ0v) is 18.3. The molecule has 0 spiro atoms. The number of aryl methyl sites for hydroxylation is 1. The molecule has 3 aliphatic rings. The van der Waals surface area contributed by atoms with Crippen LogP contribution in [0.5, 0.6) is 23.0 Å². The van der Waals surface area contributed by atoms with Crippen molar-refractivity contribution in [3.63, 3.8) is 0 Å². The minimum Gasteiger partial charge on any atom is -0.454 e. The van der Waals surface area contributed by atoms with E-state index < -0.39 is 0 Å². The molecule has 0 saturated carbocycles. The predicted molar refractivity (Wildman–Crippen MR) is 128 cm³/mol. The van der Waals surface area contributed by atoms with Crippen LogP contribution in [0.1, 0.15) is 17.3 Å². The van der Waals surface area contributed by atoms with Gasteiger partial charge in [0.15, 0.2) is 23.0 Å². The molecule has 6 nitrogen and oxygen atoms in total. The fourth-order valence-electron chi connectivity index (χ4n) is 5.09. The zero-order valence-electron chi connectivity index (χ0n) is 18.3. The summed E-state index contributed by atoms with van der Waals surface area (Å²) in [6.45, 7) is 2.59. The molecule has 0 bridgehead atoms. The van der Waals surface area contributed by atoms with Gasteiger partial charge in [0.25, 0.3) is 0 Å². The highest BCUT2D eigenvalue weighted by molar-refractivity contribution is 6.06. The van der Waals surface area contributed by atoms with Crippen LogP contribution in [0.2, 0.25) is 0 Å². The van der Waals surface area contributed by atoms with Crippen molar-refractivity contribution in [1.29, 1.82) is 0 Å². The summed E-state index contributed by atoms with van der Waals surface area (Å²) in [7, 11) is 2.12. The number of nitrogens with zero attached hydrogens (tertiary/aromatic N) is 1. The molecule has 1 unspecified atom stereocenters. The molecule has 0 aliphatic carbocycles. The molecule has 3 heterocycles. The second kappa shape index (κ2) is 6.72. The maximum absolute atomic E-state index is 5.97. The summed E-state index contributed by atoms with van der Waals surface area (Å²) in [6, 6.07) is 21.1. The van der Waals surface area contributed by atoms with Gasteiger partial charge < -0.3 is 29.2 Å². The maximum Gasteiger partial charge on any atom is 0.231 e. The molecule has 7 rings (SSSR count). The van der Waals surface area contributed by atoms with E-state index in [-0.39, 0.29) is 19.8 Å².